The lowest BCUT2D eigenvalue weighted by Crippen LogP contribution is -2.47. The Balaban J connectivity index is 1.28. The first kappa shape index (κ1) is 17.8. The fourth-order valence-electron chi connectivity index (χ4n) is 3.66. The van der Waals surface area contributed by atoms with E-state index in [1.165, 1.54) is 18.6 Å². The topological polar surface area (TPSA) is 54.9 Å². The highest BCUT2D eigenvalue weighted by molar-refractivity contribution is 5.80. The summed E-state index contributed by atoms with van der Waals surface area (Å²) < 4.78 is 24.5. The van der Waals surface area contributed by atoms with Crippen LogP contribution in [0.25, 0.3) is 0 Å². The molecular weight excluding hydrogens is 345 g/mol. The van der Waals surface area contributed by atoms with E-state index in [1.54, 1.807) is 19.2 Å². The highest BCUT2D eigenvalue weighted by Crippen LogP contribution is 2.34. The van der Waals surface area contributed by atoms with Gasteiger partial charge in [-0.3, -0.25) is 4.99 Å². The number of nitrogens with zero attached hydrogens (tertiary/aromatic N) is 1. The van der Waals surface area contributed by atoms with Gasteiger partial charge in [-0.25, -0.2) is 4.39 Å². The largest absolute Gasteiger partial charge is 0.457 e. The van der Waals surface area contributed by atoms with Gasteiger partial charge in [0.25, 0.3) is 0 Å². The van der Waals surface area contributed by atoms with Crippen molar-refractivity contribution in [3.8, 4) is 11.5 Å². The molecule has 2 aliphatic heterocycles. The smallest absolute Gasteiger partial charge is 0.191 e. The summed E-state index contributed by atoms with van der Waals surface area (Å²) in [6.45, 7) is 0.665. The molecule has 0 aromatic heterocycles. The Morgan fingerprint density at radius 2 is 1.81 bits per heavy atom. The Morgan fingerprint density at radius 1 is 1.11 bits per heavy atom. The number of hydrogen-bond donors (Lipinski definition) is 2. The molecule has 2 heterocycles. The molecule has 0 spiro atoms. The van der Waals surface area contributed by atoms with E-state index in [9.17, 15) is 4.39 Å². The molecular formula is C21H24FN3O2. The van der Waals surface area contributed by atoms with Crippen molar-refractivity contribution >= 4 is 5.96 Å². The number of nitrogens with one attached hydrogen (secondary N) is 2. The fraction of sp³-hybridized carbons (Fsp3) is 0.381. The molecule has 0 radical (unpaired) electrons. The lowest BCUT2D eigenvalue weighted by Gasteiger charge is -2.22. The molecule has 2 aromatic carbocycles. The van der Waals surface area contributed by atoms with Crippen molar-refractivity contribution < 1.29 is 13.9 Å². The Hall–Kier alpha value is -2.60. The zero-order chi connectivity index (χ0) is 18.6. The normalized spacial score (nSPS) is 24.1. The van der Waals surface area contributed by atoms with Crippen LogP contribution in [0.2, 0.25) is 0 Å². The van der Waals surface area contributed by atoms with Gasteiger partial charge in [0.15, 0.2) is 5.96 Å². The van der Waals surface area contributed by atoms with Gasteiger partial charge in [0.2, 0.25) is 0 Å². The van der Waals surface area contributed by atoms with Crippen LogP contribution >= 0.6 is 0 Å². The van der Waals surface area contributed by atoms with Crippen molar-refractivity contribution in [3.05, 3.63) is 59.9 Å². The van der Waals surface area contributed by atoms with Crippen molar-refractivity contribution in [2.75, 3.05) is 7.05 Å². The van der Waals surface area contributed by atoms with Gasteiger partial charge < -0.3 is 20.1 Å². The highest BCUT2D eigenvalue weighted by atomic mass is 19.1. The number of aliphatic imine (C=N–C) groups is 1. The molecule has 2 aromatic rings. The third-order valence-electron chi connectivity index (χ3n) is 5.08. The molecule has 6 heteroatoms. The zero-order valence-electron chi connectivity index (χ0n) is 15.3. The van der Waals surface area contributed by atoms with Gasteiger partial charge in [-0.2, -0.15) is 0 Å². The summed E-state index contributed by atoms with van der Waals surface area (Å²) in [6, 6.07) is 14.1. The van der Waals surface area contributed by atoms with E-state index in [0.29, 0.717) is 36.3 Å². The SMILES string of the molecule is CN=C(NCc1ccc(Oc2ccc(F)cc2)cc1)NC1CC2CCC1O2. The summed E-state index contributed by atoms with van der Waals surface area (Å²) in [5.74, 6) is 1.84. The van der Waals surface area contributed by atoms with Gasteiger partial charge in [-0.05, 0) is 61.2 Å². The molecule has 142 valence electrons. The van der Waals surface area contributed by atoms with Crippen molar-refractivity contribution in [3.63, 3.8) is 0 Å². The van der Waals surface area contributed by atoms with E-state index in [0.717, 1.165) is 24.4 Å². The second-order valence-electron chi connectivity index (χ2n) is 6.99. The van der Waals surface area contributed by atoms with E-state index >= 15 is 0 Å². The maximum atomic E-state index is 12.9. The third kappa shape index (κ3) is 4.39. The Kier molecular flexibility index (Phi) is 5.25. The minimum atomic E-state index is -0.275. The summed E-state index contributed by atoms with van der Waals surface area (Å²) in [5.41, 5.74) is 1.12. The quantitative estimate of drug-likeness (QED) is 0.625. The average Bonchev–Trinajstić information content (AvgIpc) is 3.31. The van der Waals surface area contributed by atoms with Crippen LogP contribution in [0.4, 0.5) is 4.39 Å². The molecule has 2 fully saturated rings. The van der Waals surface area contributed by atoms with Crippen molar-refractivity contribution in [2.24, 2.45) is 4.99 Å². The second kappa shape index (κ2) is 7.96. The van der Waals surface area contributed by atoms with Crippen LogP contribution in [0.15, 0.2) is 53.5 Å². The van der Waals surface area contributed by atoms with Crippen LogP contribution in [0.5, 0.6) is 11.5 Å². The van der Waals surface area contributed by atoms with Crippen molar-refractivity contribution in [1.82, 2.24) is 10.6 Å². The molecule has 0 aliphatic carbocycles. The number of halogens is 1. The lowest BCUT2D eigenvalue weighted by molar-refractivity contribution is 0.0992. The van der Waals surface area contributed by atoms with Crippen LogP contribution < -0.4 is 15.4 Å². The van der Waals surface area contributed by atoms with E-state index in [4.69, 9.17) is 9.47 Å². The van der Waals surface area contributed by atoms with E-state index in [2.05, 4.69) is 15.6 Å². The number of benzene rings is 2. The van der Waals surface area contributed by atoms with Crippen LogP contribution in [0.1, 0.15) is 24.8 Å². The predicted octanol–water partition coefficient (Wildman–Crippen LogP) is 3.60. The molecule has 3 atom stereocenters. The molecule has 0 amide bonds. The molecule has 2 aliphatic rings. The predicted molar refractivity (Wildman–Crippen MR) is 103 cm³/mol. The summed E-state index contributed by atoms with van der Waals surface area (Å²) in [7, 11) is 1.78. The maximum absolute atomic E-state index is 12.9. The number of hydrogen-bond acceptors (Lipinski definition) is 3. The second-order valence-corrected chi connectivity index (χ2v) is 6.99. The van der Waals surface area contributed by atoms with Crippen LogP contribution in [0.3, 0.4) is 0 Å². The minimum Gasteiger partial charge on any atom is -0.457 e. The number of rotatable bonds is 5. The first-order valence-electron chi connectivity index (χ1n) is 9.34. The van der Waals surface area contributed by atoms with Gasteiger partial charge >= 0.3 is 0 Å². The average molecular weight is 369 g/mol. The number of fused-ring (bicyclic) bond motifs is 2. The van der Waals surface area contributed by atoms with Crippen LogP contribution in [0, 0.1) is 5.82 Å². The summed E-state index contributed by atoms with van der Waals surface area (Å²) >= 11 is 0. The zero-order valence-corrected chi connectivity index (χ0v) is 15.3. The van der Waals surface area contributed by atoms with Gasteiger partial charge in [0.1, 0.15) is 17.3 Å². The lowest BCUT2D eigenvalue weighted by atomic mass is 9.96. The third-order valence-corrected chi connectivity index (χ3v) is 5.08. The molecule has 27 heavy (non-hydrogen) atoms. The molecule has 0 saturated carbocycles. The van der Waals surface area contributed by atoms with Crippen LogP contribution in [-0.2, 0) is 11.3 Å². The van der Waals surface area contributed by atoms with Gasteiger partial charge in [0.05, 0.1) is 18.2 Å². The molecule has 2 N–H and O–H groups in total. The molecule has 2 bridgehead atoms. The van der Waals surface area contributed by atoms with E-state index < -0.39 is 0 Å². The van der Waals surface area contributed by atoms with Crippen molar-refractivity contribution in [1.29, 1.82) is 0 Å². The summed E-state index contributed by atoms with van der Waals surface area (Å²) in [4.78, 5) is 4.31. The summed E-state index contributed by atoms with van der Waals surface area (Å²) in [5, 5.41) is 6.82. The number of ether oxygens (including phenoxy) is 2. The van der Waals surface area contributed by atoms with Gasteiger partial charge in [-0.1, -0.05) is 12.1 Å². The summed E-state index contributed by atoms with van der Waals surface area (Å²) in [6.07, 6.45) is 4.10. The standard InChI is InChI=1S/C21H24FN3O2/c1-23-21(25-19-12-18-10-11-20(19)27-18)24-13-14-2-6-16(7-3-14)26-17-8-4-15(22)5-9-17/h2-9,18-20H,10-13H2,1H3,(H2,23,24,25). The highest BCUT2D eigenvalue weighted by Gasteiger charge is 2.41. The van der Waals surface area contributed by atoms with Crippen LogP contribution in [-0.4, -0.2) is 31.3 Å². The molecule has 5 nitrogen and oxygen atoms in total. The molecule has 2 saturated heterocycles. The van der Waals surface area contributed by atoms with Gasteiger partial charge in [-0.15, -0.1) is 0 Å². The van der Waals surface area contributed by atoms with E-state index in [-0.39, 0.29) is 5.82 Å². The van der Waals surface area contributed by atoms with E-state index in [1.807, 2.05) is 24.3 Å². The first-order chi connectivity index (χ1) is 13.2. The van der Waals surface area contributed by atoms with Gasteiger partial charge in [0, 0.05) is 13.6 Å². The van der Waals surface area contributed by atoms with Crippen molar-refractivity contribution in [2.45, 2.75) is 44.1 Å². The number of guanidine groups is 1. The Morgan fingerprint density at radius 3 is 2.41 bits per heavy atom. The monoisotopic (exact) mass is 369 g/mol. The Bertz CT molecular complexity index is 792. The first-order valence-corrected chi connectivity index (χ1v) is 9.34. The molecule has 4 rings (SSSR count). The fourth-order valence-corrected chi connectivity index (χ4v) is 3.66. The maximum Gasteiger partial charge on any atom is 0.191 e. The molecule has 3 unspecified atom stereocenters. The minimum absolute atomic E-state index is 0.275. The Labute approximate surface area is 158 Å².